The number of nitro groups is 1. The average Bonchev–Trinajstić information content (AvgIpc) is 2.08. The van der Waals surface area contributed by atoms with E-state index >= 15 is 0 Å². The van der Waals surface area contributed by atoms with Crippen LogP contribution in [-0.4, -0.2) is 16.8 Å². The Morgan fingerprint density at radius 1 is 1.62 bits per heavy atom. The van der Waals surface area contributed by atoms with E-state index in [0.29, 0.717) is 5.69 Å². The predicted octanol–water partition coefficient (Wildman–Crippen LogP) is 1.26. The Balaban J connectivity index is 3.10. The molecule has 0 aliphatic rings. The molecule has 0 atom stereocenters. The van der Waals surface area contributed by atoms with E-state index in [1.54, 1.807) is 19.1 Å². The third kappa shape index (κ3) is 2.16. The molecule has 5 heteroatoms. The first-order chi connectivity index (χ1) is 6.15. The molecule has 0 saturated carbocycles. The number of nitro benzene ring substituents is 1. The quantitative estimate of drug-likeness (QED) is 0.419. The number of benzene rings is 1. The highest BCUT2D eigenvalue weighted by atomic mass is 16.6. The van der Waals surface area contributed by atoms with E-state index in [-0.39, 0.29) is 12.4 Å². The van der Waals surface area contributed by atoms with Crippen molar-refractivity contribution < 1.29 is 10.0 Å². The summed E-state index contributed by atoms with van der Waals surface area (Å²) in [7, 11) is 0. The third-order valence-corrected chi connectivity index (χ3v) is 1.62. The summed E-state index contributed by atoms with van der Waals surface area (Å²) in [6, 6.07) is 4.77. The molecule has 0 unspecified atom stereocenters. The summed E-state index contributed by atoms with van der Waals surface area (Å²) < 4.78 is 0. The minimum Gasteiger partial charge on any atom is -0.377 e. The van der Waals surface area contributed by atoms with Crippen LogP contribution in [0.25, 0.3) is 0 Å². The van der Waals surface area contributed by atoms with Gasteiger partial charge in [0.2, 0.25) is 0 Å². The molecule has 0 amide bonds. The molecule has 13 heavy (non-hydrogen) atoms. The Hall–Kier alpha value is -1.62. The smallest absolute Gasteiger partial charge is 0.292 e. The summed E-state index contributed by atoms with van der Waals surface area (Å²) in [6.45, 7) is 1.46. The van der Waals surface area contributed by atoms with Gasteiger partial charge in [0.1, 0.15) is 12.4 Å². The molecule has 0 aromatic heterocycles. The molecule has 1 aromatic rings. The van der Waals surface area contributed by atoms with Crippen molar-refractivity contribution in [3.8, 4) is 0 Å². The molecular formula is C8H10N2O3. The normalized spacial score (nSPS) is 9.69. The lowest BCUT2D eigenvalue weighted by molar-refractivity contribution is -0.384. The van der Waals surface area contributed by atoms with Gasteiger partial charge in [0, 0.05) is 6.07 Å². The van der Waals surface area contributed by atoms with Crippen molar-refractivity contribution in [3.63, 3.8) is 0 Å². The number of rotatable bonds is 3. The van der Waals surface area contributed by atoms with Crippen LogP contribution in [0.3, 0.4) is 0 Å². The Bertz CT molecular complexity index is 325. The number of aryl methyl sites for hydroxylation is 1. The fourth-order valence-corrected chi connectivity index (χ4v) is 1.03. The van der Waals surface area contributed by atoms with E-state index in [1.807, 2.05) is 0 Å². The van der Waals surface area contributed by atoms with E-state index in [4.69, 9.17) is 5.11 Å². The van der Waals surface area contributed by atoms with Gasteiger partial charge in [-0.1, -0.05) is 6.07 Å². The minimum atomic E-state index is -0.481. The molecule has 0 spiro atoms. The molecule has 0 saturated heterocycles. The van der Waals surface area contributed by atoms with Gasteiger partial charge in [-0.25, -0.2) is 0 Å². The number of anilines is 1. The van der Waals surface area contributed by atoms with Crippen LogP contribution in [0.1, 0.15) is 5.56 Å². The highest BCUT2D eigenvalue weighted by Gasteiger charge is 2.12. The first-order valence-electron chi connectivity index (χ1n) is 3.75. The van der Waals surface area contributed by atoms with Crippen LogP contribution in [0.2, 0.25) is 0 Å². The average molecular weight is 182 g/mol. The number of aliphatic hydroxyl groups excluding tert-OH is 1. The summed E-state index contributed by atoms with van der Waals surface area (Å²) >= 11 is 0. The molecule has 1 aromatic carbocycles. The van der Waals surface area contributed by atoms with E-state index in [0.717, 1.165) is 5.56 Å². The van der Waals surface area contributed by atoms with Gasteiger partial charge in [-0.3, -0.25) is 10.1 Å². The first kappa shape index (κ1) is 9.47. The van der Waals surface area contributed by atoms with Gasteiger partial charge in [0.05, 0.1) is 4.92 Å². The second-order valence-corrected chi connectivity index (χ2v) is 2.61. The topological polar surface area (TPSA) is 75.4 Å². The summed E-state index contributed by atoms with van der Waals surface area (Å²) in [6.07, 6.45) is 0. The van der Waals surface area contributed by atoms with Crippen LogP contribution >= 0.6 is 0 Å². The van der Waals surface area contributed by atoms with Crippen molar-refractivity contribution in [2.75, 3.05) is 12.0 Å². The Morgan fingerprint density at radius 2 is 2.31 bits per heavy atom. The van der Waals surface area contributed by atoms with Gasteiger partial charge in [-0.2, -0.15) is 0 Å². The van der Waals surface area contributed by atoms with Crippen molar-refractivity contribution in [2.24, 2.45) is 0 Å². The van der Waals surface area contributed by atoms with Gasteiger partial charge in [0.15, 0.2) is 0 Å². The van der Waals surface area contributed by atoms with Crippen molar-refractivity contribution in [1.82, 2.24) is 0 Å². The summed E-state index contributed by atoms with van der Waals surface area (Å²) in [5, 5.41) is 21.6. The molecule has 0 radical (unpaired) electrons. The van der Waals surface area contributed by atoms with E-state index < -0.39 is 4.92 Å². The van der Waals surface area contributed by atoms with E-state index in [1.165, 1.54) is 6.07 Å². The molecule has 0 aliphatic heterocycles. The largest absolute Gasteiger partial charge is 0.377 e. The molecule has 0 heterocycles. The number of hydrogen-bond donors (Lipinski definition) is 2. The fourth-order valence-electron chi connectivity index (χ4n) is 1.03. The number of nitrogens with one attached hydrogen (secondary N) is 1. The van der Waals surface area contributed by atoms with Crippen LogP contribution in [0.5, 0.6) is 0 Å². The lowest BCUT2D eigenvalue weighted by Crippen LogP contribution is -2.03. The zero-order valence-corrected chi connectivity index (χ0v) is 7.15. The van der Waals surface area contributed by atoms with Gasteiger partial charge in [0.25, 0.3) is 5.69 Å². The zero-order valence-electron chi connectivity index (χ0n) is 7.15. The van der Waals surface area contributed by atoms with Crippen molar-refractivity contribution in [3.05, 3.63) is 33.9 Å². The van der Waals surface area contributed by atoms with Crippen molar-refractivity contribution in [1.29, 1.82) is 0 Å². The molecule has 0 bridgehead atoms. The Labute approximate surface area is 75.2 Å². The Kier molecular flexibility index (Phi) is 2.81. The standard InChI is InChI=1S/C8H10N2O3/c1-6-2-3-7(9-5-11)8(4-6)10(12)13/h2-4,9,11H,5H2,1H3. The van der Waals surface area contributed by atoms with Gasteiger partial charge in [-0.15, -0.1) is 0 Å². The van der Waals surface area contributed by atoms with Crippen LogP contribution in [0, 0.1) is 17.0 Å². The maximum Gasteiger partial charge on any atom is 0.292 e. The number of aliphatic hydroxyl groups is 1. The van der Waals surface area contributed by atoms with Crippen LogP contribution < -0.4 is 5.32 Å². The third-order valence-electron chi connectivity index (χ3n) is 1.62. The monoisotopic (exact) mass is 182 g/mol. The van der Waals surface area contributed by atoms with Crippen LogP contribution in [0.4, 0.5) is 11.4 Å². The van der Waals surface area contributed by atoms with E-state index in [2.05, 4.69) is 5.32 Å². The van der Waals surface area contributed by atoms with Crippen molar-refractivity contribution in [2.45, 2.75) is 6.92 Å². The van der Waals surface area contributed by atoms with Gasteiger partial charge in [-0.05, 0) is 18.6 Å². The van der Waals surface area contributed by atoms with Gasteiger partial charge >= 0.3 is 0 Å². The second-order valence-electron chi connectivity index (χ2n) is 2.61. The Morgan fingerprint density at radius 3 is 2.85 bits per heavy atom. The maximum absolute atomic E-state index is 10.5. The van der Waals surface area contributed by atoms with Gasteiger partial charge < -0.3 is 10.4 Å². The summed E-state index contributed by atoms with van der Waals surface area (Å²) in [5.41, 5.74) is 1.13. The maximum atomic E-state index is 10.5. The number of hydrogen-bond acceptors (Lipinski definition) is 4. The molecule has 0 aliphatic carbocycles. The van der Waals surface area contributed by atoms with Crippen molar-refractivity contribution >= 4 is 11.4 Å². The molecule has 1 rings (SSSR count). The summed E-state index contributed by atoms with van der Waals surface area (Å²) in [5.74, 6) is 0. The fraction of sp³-hybridized carbons (Fsp3) is 0.250. The predicted molar refractivity (Wildman–Crippen MR) is 48.5 cm³/mol. The van der Waals surface area contributed by atoms with E-state index in [9.17, 15) is 10.1 Å². The lowest BCUT2D eigenvalue weighted by atomic mass is 10.2. The highest BCUT2D eigenvalue weighted by molar-refractivity contribution is 5.62. The molecule has 2 N–H and O–H groups in total. The zero-order chi connectivity index (χ0) is 9.84. The van der Waals surface area contributed by atoms with Crippen LogP contribution in [-0.2, 0) is 0 Å². The molecule has 0 fully saturated rings. The summed E-state index contributed by atoms with van der Waals surface area (Å²) in [4.78, 5) is 10.1. The van der Waals surface area contributed by atoms with Crippen LogP contribution in [0.15, 0.2) is 18.2 Å². The highest BCUT2D eigenvalue weighted by Crippen LogP contribution is 2.24. The molecule has 5 nitrogen and oxygen atoms in total. The minimum absolute atomic E-state index is 0.0194. The molecule has 70 valence electrons. The first-order valence-corrected chi connectivity index (χ1v) is 3.75. The second kappa shape index (κ2) is 3.86. The SMILES string of the molecule is Cc1ccc(NCO)c([N+](=O)[O-])c1. The lowest BCUT2D eigenvalue weighted by Gasteiger charge is -2.03. The number of nitrogens with zero attached hydrogens (tertiary/aromatic N) is 1. The molecular weight excluding hydrogens is 172 g/mol.